The lowest BCUT2D eigenvalue weighted by Crippen LogP contribution is -2.28. The van der Waals surface area contributed by atoms with Crippen LogP contribution < -0.4 is 20.3 Å². The molecule has 0 saturated heterocycles. The molecule has 0 radical (unpaired) electrons. The van der Waals surface area contributed by atoms with Crippen molar-refractivity contribution in [1.29, 1.82) is 0 Å². The van der Waals surface area contributed by atoms with Crippen LogP contribution in [0.15, 0.2) is 53.6 Å². The topological polar surface area (TPSA) is 113 Å². The number of fused-ring (bicyclic) bond motifs is 2. The highest BCUT2D eigenvalue weighted by molar-refractivity contribution is 5.91. The highest BCUT2D eigenvalue weighted by Gasteiger charge is 2.16. The molecule has 10 heteroatoms. The first-order valence-electron chi connectivity index (χ1n) is 10.1. The molecule has 1 amide bonds. The number of ether oxygens (including phenoxy) is 2. The predicted molar refractivity (Wildman–Crippen MR) is 116 cm³/mol. The van der Waals surface area contributed by atoms with Crippen LogP contribution >= 0.6 is 0 Å². The van der Waals surface area contributed by atoms with Gasteiger partial charge in [-0.1, -0.05) is 35.0 Å². The van der Waals surface area contributed by atoms with Gasteiger partial charge in [-0.05, 0) is 24.6 Å². The maximum atomic E-state index is 12.8. The second-order valence-electron chi connectivity index (χ2n) is 7.49. The molecule has 10 nitrogen and oxygen atoms in total. The van der Waals surface area contributed by atoms with Gasteiger partial charge in [-0.3, -0.25) is 14.2 Å². The Hall–Kier alpha value is -4.21. The SMILES string of the molecule is Cc1ccc(Cn2nnc3c(=O)n(CC(=O)Nc4ccc5c(c4)OCCO5)cnc32)cc1. The van der Waals surface area contributed by atoms with Gasteiger partial charge in [0.25, 0.3) is 5.56 Å². The fourth-order valence-electron chi connectivity index (χ4n) is 3.45. The third kappa shape index (κ3) is 3.89. The summed E-state index contributed by atoms with van der Waals surface area (Å²) < 4.78 is 13.8. The summed E-state index contributed by atoms with van der Waals surface area (Å²) in [4.78, 5) is 29.6. The first-order valence-corrected chi connectivity index (χ1v) is 10.1. The van der Waals surface area contributed by atoms with E-state index < -0.39 is 5.56 Å². The van der Waals surface area contributed by atoms with E-state index in [0.29, 0.717) is 42.6 Å². The molecule has 0 atom stereocenters. The van der Waals surface area contributed by atoms with Crippen molar-refractivity contribution in [1.82, 2.24) is 24.5 Å². The molecular weight excluding hydrogens is 412 g/mol. The third-order valence-corrected chi connectivity index (χ3v) is 5.08. The van der Waals surface area contributed by atoms with Gasteiger partial charge < -0.3 is 14.8 Å². The molecule has 0 unspecified atom stereocenters. The van der Waals surface area contributed by atoms with Crippen LogP contribution in [0.25, 0.3) is 11.2 Å². The molecule has 1 N–H and O–H groups in total. The van der Waals surface area contributed by atoms with Gasteiger partial charge in [0.15, 0.2) is 22.7 Å². The van der Waals surface area contributed by atoms with E-state index in [2.05, 4.69) is 20.6 Å². The van der Waals surface area contributed by atoms with E-state index >= 15 is 0 Å². The molecule has 1 aliphatic heterocycles. The summed E-state index contributed by atoms with van der Waals surface area (Å²) in [6, 6.07) is 13.1. The van der Waals surface area contributed by atoms with E-state index in [1.165, 1.54) is 10.9 Å². The zero-order valence-corrected chi connectivity index (χ0v) is 17.3. The molecule has 32 heavy (non-hydrogen) atoms. The smallest absolute Gasteiger partial charge is 0.283 e. The minimum Gasteiger partial charge on any atom is -0.486 e. The number of anilines is 1. The fourth-order valence-corrected chi connectivity index (χ4v) is 3.45. The van der Waals surface area contributed by atoms with Crippen LogP contribution in [0.2, 0.25) is 0 Å². The zero-order chi connectivity index (χ0) is 22.1. The van der Waals surface area contributed by atoms with Gasteiger partial charge in [0.2, 0.25) is 5.91 Å². The lowest BCUT2D eigenvalue weighted by atomic mass is 10.1. The van der Waals surface area contributed by atoms with Crippen LogP contribution in [0.5, 0.6) is 11.5 Å². The van der Waals surface area contributed by atoms with Crippen molar-refractivity contribution < 1.29 is 14.3 Å². The number of carbonyl (C=O) groups is 1. The summed E-state index contributed by atoms with van der Waals surface area (Å²) in [5.41, 5.74) is 2.79. The normalized spacial score (nSPS) is 12.7. The van der Waals surface area contributed by atoms with E-state index in [0.717, 1.165) is 11.1 Å². The largest absolute Gasteiger partial charge is 0.486 e. The average Bonchev–Trinajstić information content (AvgIpc) is 3.20. The second-order valence-corrected chi connectivity index (χ2v) is 7.49. The van der Waals surface area contributed by atoms with Gasteiger partial charge in [-0.15, -0.1) is 5.10 Å². The Morgan fingerprint density at radius 1 is 1.09 bits per heavy atom. The number of rotatable bonds is 5. The minimum atomic E-state index is -0.428. The number of benzene rings is 2. The third-order valence-electron chi connectivity index (χ3n) is 5.08. The molecule has 0 bridgehead atoms. The molecule has 3 heterocycles. The molecular formula is C22H20N6O4. The Morgan fingerprint density at radius 2 is 1.88 bits per heavy atom. The van der Waals surface area contributed by atoms with Crippen LogP contribution in [-0.2, 0) is 17.9 Å². The molecule has 0 spiro atoms. The molecule has 0 aliphatic carbocycles. The summed E-state index contributed by atoms with van der Waals surface area (Å²) in [7, 11) is 0. The average molecular weight is 432 g/mol. The van der Waals surface area contributed by atoms with Gasteiger partial charge in [-0.25, -0.2) is 9.67 Å². The summed E-state index contributed by atoms with van der Waals surface area (Å²) in [5, 5.41) is 10.8. The van der Waals surface area contributed by atoms with Crippen LogP contribution in [0.1, 0.15) is 11.1 Å². The number of nitrogens with zero attached hydrogens (tertiary/aromatic N) is 5. The number of carbonyl (C=O) groups excluding carboxylic acids is 1. The van der Waals surface area contributed by atoms with Gasteiger partial charge in [0, 0.05) is 11.8 Å². The standard InChI is InChI=1S/C22H20N6O4/c1-14-2-4-15(5-3-14)11-28-21-20(25-26-28)22(30)27(13-23-21)12-19(29)24-16-6-7-17-18(10-16)32-9-8-31-17/h2-7,10,13H,8-9,11-12H2,1H3,(H,24,29). The van der Waals surface area contributed by atoms with Crippen molar-refractivity contribution in [3.63, 3.8) is 0 Å². The Labute approximate surface area is 182 Å². The monoisotopic (exact) mass is 432 g/mol. The van der Waals surface area contributed by atoms with E-state index in [1.807, 2.05) is 31.2 Å². The van der Waals surface area contributed by atoms with Gasteiger partial charge >= 0.3 is 0 Å². The van der Waals surface area contributed by atoms with E-state index in [1.54, 1.807) is 22.9 Å². The van der Waals surface area contributed by atoms with Crippen LogP contribution in [0.3, 0.4) is 0 Å². The van der Waals surface area contributed by atoms with E-state index in [-0.39, 0.29) is 18.0 Å². The van der Waals surface area contributed by atoms with Crippen molar-refractivity contribution in [3.8, 4) is 11.5 Å². The quantitative estimate of drug-likeness (QED) is 0.511. The molecule has 0 saturated carbocycles. The summed E-state index contributed by atoms with van der Waals surface area (Å²) >= 11 is 0. The molecule has 5 rings (SSSR count). The van der Waals surface area contributed by atoms with Crippen LogP contribution in [-0.4, -0.2) is 43.7 Å². The number of hydrogen-bond acceptors (Lipinski definition) is 7. The summed E-state index contributed by atoms with van der Waals surface area (Å²) in [5.74, 6) is 0.824. The first kappa shape index (κ1) is 19.7. The first-order chi connectivity index (χ1) is 15.6. The lowest BCUT2D eigenvalue weighted by Gasteiger charge is -2.19. The maximum absolute atomic E-state index is 12.8. The minimum absolute atomic E-state index is 0.117. The number of amides is 1. The molecule has 0 fully saturated rings. The number of aryl methyl sites for hydroxylation is 1. The van der Waals surface area contributed by atoms with Gasteiger partial charge in [0.1, 0.15) is 26.1 Å². The number of nitrogens with one attached hydrogen (secondary N) is 1. The van der Waals surface area contributed by atoms with E-state index in [4.69, 9.17) is 9.47 Å². The van der Waals surface area contributed by atoms with Gasteiger partial charge in [-0.2, -0.15) is 0 Å². The van der Waals surface area contributed by atoms with E-state index in [9.17, 15) is 9.59 Å². The molecule has 2 aromatic carbocycles. The predicted octanol–water partition coefficient (Wildman–Crippen LogP) is 1.75. The van der Waals surface area contributed by atoms with Gasteiger partial charge in [0.05, 0.1) is 6.54 Å². The molecule has 1 aliphatic rings. The fraction of sp³-hybridized carbons (Fsp3) is 0.227. The number of aromatic nitrogens is 5. The van der Waals surface area contributed by atoms with Crippen molar-refractivity contribution in [2.45, 2.75) is 20.0 Å². The maximum Gasteiger partial charge on any atom is 0.283 e. The second kappa shape index (κ2) is 8.14. The van der Waals surface area contributed by atoms with Crippen LogP contribution in [0, 0.1) is 6.92 Å². The highest BCUT2D eigenvalue weighted by Crippen LogP contribution is 2.32. The van der Waals surface area contributed by atoms with Crippen molar-refractivity contribution in [3.05, 3.63) is 70.3 Å². The molecule has 4 aromatic rings. The lowest BCUT2D eigenvalue weighted by molar-refractivity contribution is -0.116. The Bertz CT molecular complexity index is 1360. The highest BCUT2D eigenvalue weighted by atomic mass is 16.6. The summed E-state index contributed by atoms with van der Waals surface area (Å²) in [6.07, 6.45) is 1.34. The Morgan fingerprint density at radius 3 is 2.69 bits per heavy atom. The summed E-state index contributed by atoms with van der Waals surface area (Å²) in [6.45, 7) is 3.20. The Kier molecular flexibility index (Phi) is 5.02. The van der Waals surface area contributed by atoms with Crippen molar-refractivity contribution in [2.75, 3.05) is 18.5 Å². The van der Waals surface area contributed by atoms with Crippen LogP contribution in [0.4, 0.5) is 5.69 Å². The molecule has 162 valence electrons. The molecule has 2 aromatic heterocycles. The van der Waals surface area contributed by atoms with Crippen molar-refractivity contribution in [2.24, 2.45) is 0 Å². The number of hydrogen-bond donors (Lipinski definition) is 1. The Balaban J connectivity index is 1.32. The van der Waals surface area contributed by atoms with Crippen molar-refractivity contribution >= 4 is 22.8 Å². The zero-order valence-electron chi connectivity index (χ0n) is 17.3.